The highest BCUT2D eigenvalue weighted by Crippen LogP contribution is 2.35. The first-order chi connectivity index (χ1) is 15.8. The maximum atomic E-state index is 14.6. The fourth-order valence-corrected chi connectivity index (χ4v) is 3.83. The summed E-state index contributed by atoms with van der Waals surface area (Å²) in [4.78, 5) is 31.2. The summed E-state index contributed by atoms with van der Waals surface area (Å²) in [5.41, 5.74) is 0.328. The number of aliphatic hydroxyl groups excluding tert-OH is 2. The van der Waals surface area contributed by atoms with Crippen molar-refractivity contribution in [1.29, 1.82) is 0 Å². The van der Waals surface area contributed by atoms with E-state index in [4.69, 9.17) is 20.5 Å². The van der Waals surface area contributed by atoms with Crippen LogP contribution in [-0.4, -0.2) is 58.8 Å². The van der Waals surface area contributed by atoms with Crippen molar-refractivity contribution in [3.05, 3.63) is 46.1 Å². The van der Waals surface area contributed by atoms with Gasteiger partial charge in [-0.2, -0.15) is 0 Å². The lowest BCUT2D eigenvalue weighted by Gasteiger charge is -2.29. The number of carbonyl (C=O) groups is 2. The number of aromatic nitrogens is 1. The number of likely N-dealkylation sites (N-methyl/N-ethyl adjacent to an activating group) is 1. The van der Waals surface area contributed by atoms with Crippen LogP contribution in [0, 0.1) is 18.6 Å². The summed E-state index contributed by atoms with van der Waals surface area (Å²) < 4.78 is 57.0. The molecule has 1 aromatic heterocycles. The van der Waals surface area contributed by atoms with Gasteiger partial charge >= 0.3 is 0 Å². The Balaban J connectivity index is 1.84. The normalized spacial score (nSPS) is 24.3. The lowest BCUT2D eigenvalue weighted by Crippen LogP contribution is -2.50. The standard InChI is InChI=1S/C20H18ClF2N3O5/c1-8-9-3-4-31-14(9)7-15(24-8)26-16(17(27)18(28)20(26)30)19(29)25(2)13-5-10(21)11(22)6-12(13)23/h5-7,16-18,27-28H,3-4H2,1-2H3/t16-,17-,18-/m0/s1/i2D3. The number of benzene rings is 1. The van der Waals surface area contributed by atoms with E-state index < -0.39 is 59.4 Å². The van der Waals surface area contributed by atoms with Crippen molar-refractivity contribution in [3.8, 4) is 5.75 Å². The molecule has 31 heavy (non-hydrogen) atoms. The van der Waals surface area contributed by atoms with Crippen molar-refractivity contribution >= 4 is 34.9 Å². The van der Waals surface area contributed by atoms with Gasteiger partial charge in [0.05, 0.1) is 17.3 Å². The first-order valence-corrected chi connectivity index (χ1v) is 9.52. The molecule has 0 bridgehead atoms. The Morgan fingerprint density at radius 3 is 2.81 bits per heavy atom. The quantitative estimate of drug-likeness (QED) is 0.676. The Morgan fingerprint density at radius 1 is 1.35 bits per heavy atom. The molecule has 8 nitrogen and oxygen atoms in total. The van der Waals surface area contributed by atoms with Crippen molar-refractivity contribution in [3.63, 3.8) is 0 Å². The summed E-state index contributed by atoms with van der Waals surface area (Å²) in [6, 6.07) is 0.228. The number of hydrogen-bond acceptors (Lipinski definition) is 6. The average molecular weight is 457 g/mol. The van der Waals surface area contributed by atoms with Crippen LogP contribution in [0.15, 0.2) is 18.2 Å². The summed E-state index contributed by atoms with van der Waals surface area (Å²) in [7, 11) is 0. The zero-order valence-electron chi connectivity index (χ0n) is 19.0. The number of nitrogens with zero attached hydrogens (tertiary/aromatic N) is 3. The Kier molecular flexibility index (Phi) is 4.43. The number of anilines is 2. The Labute approximate surface area is 184 Å². The second-order valence-corrected chi connectivity index (χ2v) is 7.53. The number of hydrogen-bond donors (Lipinski definition) is 2. The number of rotatable bonds is 3. The zero-order valence-corrected chi connectivity index (χ0v) is 16.7. The van der Waals surface area contributed by atoms with E-state index in [1.165, 1.54) is 6.07 Å². The van der Waals surface area contributed by atoms with Crippen molar-refractivity contribution in [2.75, 3.05) is 23.4 Å². The van der Waals surface area contributed by atoms with Gasteiger partial charge in [-0.05, 0) is 13.0 Å². The van der Waals surface area contributed by atoms with Gasteiger partial charge in [-0.25, -0.2) is 13.8 Å². The Hall–Kier alpha value is -2.82. The number of pyridine rings is 1. The number of fused-ring (bicyclic) bond motifs is 1. The fourth-order valence-electron chi connectivity index (χ4n) is 3.67. The van der Waals surface area contributed by atoms with E-state index in [2.05, 4.69) is 4.98 Å². The molecular weight excluding hydrogens is 436 g/mol. The predicted molar refractivity (Wildman–Crippen MR) is 106 cm³/mol. The lowest BCUT2D eigenvalue weighted by molar-refractivity contribution is -0.126. The maximum Gasteiger partial charge on any atom is 0.260 e. The smallest absolute Gasteiger partial charge is 0.260 e. The topological polar surface area (TPSA) is 103 Å². The van der Waals surface area contributed by atoms with E-state index in [-0.39, 0.29) is 10.7 Å². The van der Waals surface area contributed by atoms with Crippen molar-refractivity contribution in [2.45, 2.75) is 31.6 Å². The summed E-state index contributed by atoms with van der Waals surface area (Å²) in [5, 5.41) is 20.1. The van der Waals surface area contributed by atoms with Crippen molar-refractivity contribution in [2.24, 2.45) is 0 Å². The highest BCUT2D eigenvalue weighted by molar-refractivity contribution is 6.31. The molecule has 11 heteroatoms. The molecule has 0 aliphatic carbocycles. The van der Waals surface area contributed by atoms with Crippen LogP contribution in [0.4, 0.5) is 20.3 Å². The minimum absolute atomic E-state index is 0.0173. The highest BCUT2D eigenvalue weighted by atomic mass is 35.5. The summed E-state index contributed by atoms with van der Waals surface area (Å²) in [5.74, 6) is -5.01. The number of amides is 2. The van der Waals surface area contributed by atoms with Crippen molar-refractivity contribution < 1.29 is 37.4 Å². The van der Waals surface area contributed by atoms with Gasteiger partial charge in [0.25, 0.3) is 11.8 Å². The molecule has 0 unspecified atom stereocenters. The molecule has 3 heterocycles. The number of halogens is 3. The molecule has 1 aromatic carbocycles. The molecule has 1 saturated heterocycles. The number of carbonyl (C=O) groups excluding carboxylic acids is 2. The fraction of sp³-hybridized carbons (Fsp3) is 0.350. The van der Waals surface area contributed by atoms with Gasteiger partial charge < -0.3 is 19.8 Å². The van der Waals surface area contributed by atoms with Gasteiger partial charge in [0.15, 0.2) is 6.10 Å². The van der Waals surface area contributed by atoms with E-state index in [1.54, 1.807) is 6.92 Å². The van der Waals surface area contributed by atoms with Gasteiger partial charge in [0.2, 0.25) is 0 Å². The molecule has 4 rings (SSSR count). The van der Waals surface area contributed by atoms with Crippen LogP contribution in [-0.2, 0) is 16.0 Å². The molecule has 0 radical (unpaired) electrons. The SMILES string of the molecule is [2H]C([2H])([2H])N(C(=O)[C@@H]1[C@H](O)[C@H](O)C(=O)N1c1cc2c(c(C)n1)CCO2)c1cc(Cl)c(F)cc1F. The summed E-state index contributed by atoms with van der Waals surface area (Å²) >= 11 is 5.67. The molecule has 1 fully saturated rings. The molecule has 2 aromatic rings. The molecule has 2 aliphatic heterocycles. The van der Waals surface area contributed by atoms with E-state index >= 15 is 0 Å². The number of aryl methyl sites for hydroxylation is 1. The van der Waals surface area contributed by atoms with E-state index in [1.807, 2.05) is 0 Å². The number of aliphatic hydroxyl groups is 2. The lowest BCUT2D eigenvalue weighted by atomic mass is 10.1. The van der Waals surface area contributed by atoms with Crippen LogP contribution in [0.5, 0.6) is 5.75 Å². The second kappa shape index (κ2) is 7.70. The molecule has 2 N–H and O–H groups in total. The molecule has 2 amide bonds. The minimum atomic E-state index is -3.34. The summed E-state index contributed by atoms with van der Waals surface area (Å²) in [6.07, 6.45) is -3.61. The van der Waals surface area contributed by atoms with Crippen LogP contribution >= 0.6 is 11.6 Å². The molecule has 164 valence electrons. The van der Waals surface area contributed by atoms with Crippen molar-refractivity contribution in [1.82, 2.24) is 4.98 Å². The van der Waals surface area contributed by atoms with Crippen LogP contribution in [0.1, 0.15) is 15.4 Å². The summed E-state index contributed by atoms with van der Waals surface area (Å²) in [6.45, 7) is -1.35. The zero-order chi connectivity index (χ0) is 25.1. The highest BCUT2D eigenvalue weighted by Gasteiger charge is 2.52. The van der Waals surface area contributed by atoms with Crippen LogP contribution in [0.3, 0.4) is 0 Å². The molecule has 2 aliphatic rings. The Bertz CT molecular complexity index is 1200. The monoisotopic (exact) mass is 456 g/mol. The largest absolute Gasteiger partial charge is 0.493 e. The maximum absolute atomic E-state index is 14.6. The van der Waals surface area contributed by atoms with Gasteiger partial charge in [-0.1, -0.05) is 11.6 Å². The van der Waals surface area contributed by atoms with E-state index in [9.17, 15) is 28.6 Å². The average Bonchev–Trinajstić information content (AvgIpc) is 3.30. The Morgan fingerprint density at radius 2 is 2.10 bits per heavy atom. The van der Waals surface area contributed by atoms with Crippen LogP contribution < -0.4 is 14.5 Å². The first-order valence-electron chi connectivity index (χ1n) is 10.6. The first kappa shape index (κ1) is 17.8. The van der Waals surface area contributed by atoms with Gasteiger partial charge in [-0.3, -0.25) is 14.5 Å². The molecule has 3 atom stereocenters. The molecule has 0 saturated carbocycles. The van der Waals surface area contributed by atoms with Crippen LogP contribution in [0.2, 0.25) is 5.02 Å². The third-order valence-electron chi connectivity index (χ3n) is 5.25. The van der Waals surface area contributed by atoms with Gasteiger partial charge in [-0.15, -0.1) is 0 Å². The predicted octanol–water partition coefficient (Wildman–Crippen LogP) is 1.36. The molecular formula is C20H18ClF2N3O5. The van der Waals surface area contributed by atoms with E-state index in [0.717, 1.165) is 5.56 Å². The van der Waals surface area contributed by atoms with E-state index in [0.29, 0.717) is 41.5 Å². The van der Waals surface area contributed by atoms with Gasteiger partial charge in [0, 0.05) is 40.9 Å². The minimum Gasteiger partial charge on any atom is -0.493 e. The third kappa shape index (κ3) is 3.40. The third-order valence-corrected chi connectivity index (χ3v) is 5.54. The molecule has 0 spiro atoms. The number of ether oxygens (including phenoxy) is 1. The van der Waals surface area contributed by atoms with Gasteiger partial charge in [0.1, 0.15) is 35.3 Å². The second-order valence-electron chi connectivity index (χ2n) is 7.12. The van der Waals surface area contributed by atoms with Crippen LogP contribution in [0.25, 0.3) is 0 Å².